The summed E-state index contributed by atoms with van der Waals surface area (Å²) in [7, 11) is 0. The van der Waals surface area contributed by atoms with Crippen molar-refractivity contribution >= 4 is 5.97 Å². The Hall–Kier alpha value is -1.03. The third-order valence-electron chi connectivity index (χ3n) is 2.19. The van der Waals surface area contributed by atoms with Crippen LogP contribution in [0.5, 0.6) is 0 Å². The molecular formula is C9H15NO3. The maximum Gasteiger partial charge on any atom is 0.333 e. The highest BCUT2D eigenvalue weighted by atomic mass is 16.5. The highest BCUT2D eigenvalue weighted by Gasteiger charge is 2.21. The van der Waals surface area contributed by atoms with E-state index in [0.717, 1.165) is 19.4 Å². The molecule has 1 atom stereocenters. The quantitative estimate of drug-likeness (QED) is 0.640. The molecule has 0 aliphatic carbocycles. The van der Waals surface area contributed by atoms with E-state index in [-0.39, 0.29) is 11.7 Å². The summed E-state index contributed by atoms with van der Waals surface area (Å²) >= 11 is 0. The number of hydrogen-bond donors (Lipinski definition) is 2. The van der Waals surface area contributed by atoms with Crippen LogP contribution in [0.25, 0.3) is 0 Å². The maximum atomic E-state index is 10.7. The van der Waals surface area contributed by atoms with Gasteiger partial charge in [-0.15, -0.1) is 0 Å². The summed E-state index contributed by atoms with van der Waals surface area (Å²) in [6.45, 7) is 2.35. The second-order valence-corrected chi connectivity index (χ2v) is 3.31. The van der Waals surface area contributed by atoms with Crippen molar-refractivity contribution in [1.29, 1.82) is 0 Å². The minimum atomic E-state index is -0.935. The van der Waals surface area contributed by atoms with Gasteiger partial charge in [0.15, 0.2) is 0 Å². The summed E-state index contributed by atoms with van der Waals surface area (Å²) in [5.74, 6) is -0.935. The Balaban J connectivity index is 2.58. The third-order valence-corrected chi connectivity index (χ3v) is 2.19. The maximum absolute atomic E-state index is 10.7. The van der Waals surface area contributed by atoms with E-state index >= 15 is 0 Å². The minimum absolute atomic E-state index is 0.0459. The average Bonchev–Trinajstić information content (AvgIpc) is 2.50. The van der Waals surface area contributed by atoms with Gasteiger partial charge in [-0.25, -0.2) is 4.79 Å². The molecule has 1 aliphatic heterocycles. The van der Waals surface area contributed by atoms with Crippen molar-refractivity contribution in [3.8, 4) is 0 Å². The van der Waals surface area contributed by atoms with Crippen LogP contribution in [-0.4, -0.2) is 23.8 Å². The Bertz CT molecular complexity index is 225. The highest BCUT2D eigenvalue weighted by molar-refractivity contribution is 5.87. The molecule has 0 aromatic heterocycles. The molecule has 1 heterocycles. The number of ether oxygens (including phenoxy) is 1. The first-order chi connectivity index (χ1) is 6.11. The fraction of sp³-hybridized carbons (Fsp3) is 0.667. The molecule has 3 N–H and O–H groups in total. The molecule has 0 saturated carbocycles. The van der Waals surface area contributed by atoms with Gasteiger partial charge < -0.3 is 15.6 Å². The molecule has 1 aliphatic rings. The van der Waals surface area contributed by atoms with Gasteiger partial charge >= 0.3 is 5.97 Å². The first-order valence-electron chi connectivity index (χ1n) is 4.41. The van der Waals surface area contributed by atoms with E-state index in [1.165, 1.54) is 0 Å². The van der Waals surface area contributed by atoms with E-state index in [4.69, 9.17) is 15.6 Å². The van der Waals surface area contributed by atoms with E-state index in [9.17, 15) is 4.79 Å². The first-order valence-corrected chi connectivity index (χ1v) is 4.41. The van der Waals surface area contributed by atoms with Crippen LogP contribution in [0.15, 0.2) is 11.3 Å². The second-order valence-electron chi connectivity index (χ2n) is 3.31. The van der Waals surface area contributed by atoms with Crippen LogP contribution < -0.4 is 5.73 Å². The Morgan fingerprint density at radius 2 is 2.38 bits per heavy atom. The Morgan fingerprint density at radius 1 is 1.69 bits per heavy atom. The van der Waals surface area contributed by atoms with Crippen molar-refractivity contribution in [1.82, 2.24) is 0 Å². The van der Waals surface area contributed by atoms with Gasteiger partial charge in [-0.05, 0) is 19.8 Å². The Morgan fingerprint density at radius 3 is 2.77 bits per heavy atom. The fourth-order valence-electron chi connectivity index (χ4n) is 1.45. The molecule has 0 spiro atoms. The smallest absolute Gasteiger partial charge is 0.333 e. The van der Waals surface area contributed by atoms with Crippen molar-refractivity contribution in [3.05, 3.63) is 11.3 Å². The van der Waals surface area contributed by atoms with E-state index in [0.29, 0.717) is 12.1 Å². The highest BCUT2D eigenvalue weighted by Crippen LogP contribution is 2.20. The van der Waals surface area contributed by atoms with Gasteiger partial charge in [0.2, 0.25) is 0 Å². The molecule has 13 heavy (non-hydrogen) atoms. The van der Waals surface area contributed by atoms with Crippen molar-refractivity contribution in [3.63, 3.8) is 0 Å². The largest absolute Gasteiger partial charge is 0.478 e. The van der Waals surface area contributed by atoms with Crippen LogP contribution in [0.4, 0.5) is 0 Å². The standard InChI is InChI=1S/C9H15NO3/c1-6(10)8(9(11)12)5-7-3-2-4-13-7/h7H,2-5,10H2,1H3,(H,11,12)/b8-6-. The molecule has 4 nitrogen and oxygen atoms in total. The molecular weight excluding hydrogens is 170 g/mol. The van der Waals surface area contributed by atoms with Crippen LogP contribution in [0.1, 0.15) is 26.2 Å². The number of carboxylic acid groups (broad SMARTS) is 1. The Kier molecular flexibility index (Phi) is 3.31. The molecule has 1 fully saturated rings. The molecule has 74 valence electrons. The number of carboxylic acids is 1. The minimum Gasteiger partial charge on any atom is -0.478 e. The van der Waals surface area contributed by atoms with Crippen molar-refractivity contribution in [2.45, 2.75) is 32.3 Å². The molecule has 0 radical (unpaired) electrons. The average molecular weight is 185 g/mol. The first kappa shape index (κ1) is 10.1. The lowest BCUT2D eigenvalue weighted by atomic mass is 10.0. The molecule has 1 saturated heterocycles. The van der Waals surface area contributed by atoms with Crippen LogP contribution in [0.3, 0.4) is 0 Å². The molecule has 0 aromatic rings. The fourth-order valence-corrected chi connectivity index (χ4v) is 1.45. The third kappa shape index (κ3) is 2.73. The molecule has 4 heteroatoms. The van der Waals surface area contributed by atoms with Crippen LogP contribution in [-0.2, 0) is 9.53 Å². The van der Waals surface area contributed by atoms with Gasteiger partial charge in [-0.1, -0.05) is 0 Å². The van der Waals surface area contributed by atoms with Crippen LogP contribution in [0.2, 0.25) is 0 Å². The summed E-state index contributed by atoms with van der Waals surface area (Å²) in [4.78, 5) is 10.7. The SMILES string of the molecule is C/C(N)=C(\CC1CCCO1)C(=O)O. The zero-order valence-corrected chi connectivity index (χ0v) is 7.75. The van der Waals surface area contributed by atoms with E-state index < -0.39 is 5.97 Å². The van der Waals surface area contributed by atoms with Crippen LogP contribution in [0, 0.1) is 0 Å². The second kappa shape index (κ2) is 4.28. The summed E-state index contributed by atoms with van der Waals surface area (Å²) in [6, 6.07) is 0. The zero-order chi connectivity index (χ0) is 9.84. The summed E-state index contributed by atoms with van der Waals surface area (Å²) < 4.78 is 5.33. The monoisotopic (exact) mass is 185 g/mol. The van der Waals surface area contributed by atoms with E-state index in [1.54, 1.807) is 6.92 Å². The summed E-state index contributed by atoms with van der Waals surface area (Å²) in [5, 5.41) is 8.81. The van der Waals surface area contributed by atoms with Gasteiger partial charge in [0.05, 0.1) is 11.7 Å². The summed E-state index contributed by atoms with van der Waals surface area (Å²) in [6.07, 6.45) is 2.42. The molecule has 1 rings (SSSR count). The molecule has 1 unspecified atom stereocenters. The lowest BCUT2D eigenvalue weighted by molar-refractivity contribution is -0.133. The number of hydrogen-bond acceptors (Lipinski definition) is 3. The van der Waals surface area contributed by atoms with Gasteiger partial charge in [0, 0.05) is 18.7 Å². The van der Waals surface area contributed by atoms with Crippen LogP contribution >= 0.6 is 0 Å². The predicted octanol–water partition coefficient (Wildman–Crippen LogP) is 0.873. The molecule has 0 bridgehead atoms. The van der Waals surface area contributed by atoms with Crippen molar-refractivity contribution in [2.24, 2.45) is 5.73 Å². The number of allylic oxidation sites excluding steroid dienone is 1. The molecule has 0 aromatic carbocycles. The van der Waals surface area contributed by atoms with Gasteiger partial charge in [-0.3, -0.25) is 0 Å². The van der Waals surface area contributed by atoms with E-state index in [1.807, 2.05) is 0 Å². The van der Waals surface area contributed by atoms with Gasteiger partial charge in [0.25, 0.3) is 0 Å². The Labute approximate surface area is 77.4 Å². The number of carbonyl (C=O) groups is 1. The normalized spacial score (nSPS) is 24.2. The molecule has 0 amide bonds. The van der Waals surface area contributed by atoms with E-state index in [2.05, 4.69) is 0 Å². The predicted molar refractivity (Wildman–Crippen MR) is 48.1 cm³/mol. The van der Waals surface area contributed by atoms with Gasteiger partial charge in [-0.2, -0.15) is 0 Å². The number of aliphatic carboxylic acids is 1. The summed E-state index contributed by atoms with van der Waals surface area (Å²) in [5.41, 5.74) is 6.12. The van der Waals surface area contributed by atoms with Gasteiger partial charge in [0.1, 0.15) is 0 Å². The lowest BCUT2D eigenvalue weighted by Gasteiger charge is -2.10. The lowest BCUT2D eigenvalue weighted by Crippen LogP contribution is -2.15. The zero-order valence-electron chi connectivity index (χ0n) is 7.75. The topological polar surface area (TPSA) is 72.5 Å². The van der Waals surface area contributed by atoms with Crippen molar-refractivity contribution in [2.75, 3.05) is 6.61 Å². The van der Waals surface area contributed by atoms with Crippen molar-refractivity contribution < 1.29 is 14.6 Å². The number of nitrogens with two attached hydrogens (primary N) is 1. The number of rotatable bonds is 3.